The normalized spacial score (nSPS) is 29.2. The Morgan fingerprint density at radius 1 is 1.06 bits per heavy atom. The Hall–Kier alpha value is -2.72. The lowest BCUT2D eigenvalue weighted by molar-refractivity contribution is -0.0859. The second-order valence-corrected chi connectivity index (χ2v) is 11.1. The number of piperidine rings is 1. The summed E-state index contributed by atoms with van der Waals surface area (Å²) in [6, 6.07) is 0.661. The van der Waals surface area contributed by atoms with E-state index in [1.54, 1.807) is 6.92 Å². The van der Waals surface area contributed by atoms with Gasteiger partial charge in [-0.1, -0.05) is 18.9 Å². The van der Waals surface area contributed by atoms with E-state index in [9.17, 15) is 8.78 Å². The lowest BCUT2D eigenvalue weighted by Gasteiger charge is -2.42. The van der Waals surface area contributed by atoms with Gasteiger partial charge in [0.05, 0.1) is 0 Å². The van der Waals surface area contributed by atoms with Gasteiger partial charge in [0.1, 0.15) is 11.6 Å². The Morgan fingerprint density at radius 3 is 2.35 bits per heavy atom. The van der Waals surface area contributed by atoms with Gasteiger partial charge >= 0.3 is 6.01 Å². The van der Waals surface area contributed by atoms with E-state index in [2.05, 4.69) is 44.5 Å². The van der Waals surface area contributed by atoms with Crippen LogP contribution >= 0.6 is 0 Å². The molecule has 0 radical (unpaired) electrons. The molecule has 1 saturated heterocycles. The summed E-state index contributed by atoms with van der Waals surface area (Å²) in [4.78, 5) is 14.0. The number of halogens is 2. The van der Waals surface area contributed by atoms with Crippen LogP contribution in [0, 0.1) is 18.8 Å². The van der Waals surface area contributed by atoms with Crippen LogP contribution in [0.15, 0.2) is 4.42 Å². The molecule has 2 bridgehead atoms. The number of hydrogen-bond donors (Lipinski definition) is 2. The lowest BCUT2D eigenvalue weighted by Crippen LogP contribution is -2.51. The number of rotatable bonds is 5. The second kappa shape index (κ2) is 7.39. The van der Waals surface area contributed by atoms with Gasteiger partial charge in [0.25, 0.3) is 5.92 Å². The monoisotopic (exact) mass is 474 g/mol. The first-order valence-corrected chi connectivity index (χ1v) is 12.2. The molecule has 184 valence electrons. The fourth-order valence-electron chi connectivity index (χ4n) is 6.43. The quantitative estimate of drug-likeness (QED) is 0.676. The molecule has 0 spiro atoms. The van der Waals surface area contributed by atoms with E-state index >= 15 is 0 Å². The van der Waals surface area contributed by atoms with Crippen molar-refractivity contribution in [3.63, 3.8) is 0 Å². The average molecular weight is 475 g/mol. The number of nitrogens with one attached hydrogen (secondary N) is 2. The number of fused-ring (bicyclic) bond motifs is 3. The number of aromatic nitrogens is 4. The molecule has 3 atom stereocenters. The summed E-state index contributed by atoms with van der Waals surface area (Å²) in [5.41, 5.74) is 0.796. The van der Waals surface area contributed by atoms with E-state index in [-0.39, 0.29) is 30.3 Å². The number of aryl methyl sites for hydroxylation is 1. The fourth-order valence-corrected chi connectivity index (χ4v) is 6.43. The molecule has 6 rings (SSSR count). The first kappa shape index (κ1) is 21.8. The molecule has 2 saturated carbocycles. The van der Waals surface area contributed by atoms with Crippen molar-refractivity contribution in [2.75, 3.05) is 47.1 Å². The van der Waals surface area contributed by atoms with Crippen LogP contribution in [-0.4, -0.2) is 64.9 Å². The van der Waals surface area contributed by atoms with Crippen molar-refractivity contribution in [1.82, 2.24) is 20.2 Å². The number of alkyl halides is 2. The summed E-state index contributed by atoms with van der Waals surface area (Å²) in [5, 5.41) is 15.0. The predicted molar refractivity (Wildman–Crippen MR) is 125 cm³/mol. The Kier molecular flexibility index (Phi) is 4.73. The molecule has 2 aliphatic carbocycles. The van der Waals surface area contributed by atoms with Gasteiger partial charge in [0, 0.05) is 69.5 Å². The van der Waals surface area contributed by atoms with Gasteiger partial charge in [-0.2, -0.15) is 9.97 Å². The third-order valence-corrected chi connectivity index (χ3v) is 8.07. The number of nitrogens with zero attached hydrogens (tertiary/aromatic N) is 6. The minimum atomic E-state index is -2.57. The maximum absolute atomic E-state index is 13.7. The molecule has 1 unspecified atom stereocenters. The first-order chi connectivity index (χ1) is 16.1. The highest BCUT2D eigenvalue weighted by Crippen LogP contribution is 2.50. The molecular weight excluding hydrogens is 442 g/mol. The highest BCUT2D eigenvalue weighted by molar-refractivity contribution is 5.70. The van der Waals surface area contributed by atoms with Gasteiger partial charge in [-0.05, 0) is 24.7 Å². The molecule has 2 N–H and O–H groups in total. The van der Waals surface area contributed by atoms with Gasteiger partial charge in [0.2, 0.25) is 11.8 Å². The molecule has 0 amide bonds. The smallest absolute Gasteiger partial charge is 0.318 e. The summed E-state index contributed by atoms with van der Waals surface area (Å²) in [7, 11) is 1.86. The molecule has 9 nitrogen and oxygen atoms in total. The summed E-state index contributed by atoms with van der Waals surface area (Å²) < 4.78 is 33.0. The van der Waals surface area contributed by atoms with Gasteiger partial charge < -0.3 is 24.9 Å². The van der Waals surface area contributed by atoms with Crippen LogP contribution in [-0.2, 0) is 5.41 Å². The van der Waals surface area contributed by atoms with Gasteiger partial charge in [0.15, 0.2) is 0 Å². The Morgan fingerprint density at radius 2 is 1.76 bits per heavy atom. The van der Waals surface area contributed by atoms with Gasteiger partial charge in [-0.15, -0.1) is 5.10 Å². The van der Waals surface area contributed by atoms with E-state index in [1.165, 1.54) is 0 Å². The summed E-state index contributed by atoms with van der Waals surface area (Å²) in [6.45, 7) is 8.43. The molecule has 0 aromatic carbocycles. The highest BCUT2D eigenvalue weighted by Gasteiger charge is 2.52. The lowest BCUT2D eigenvalue weighted by atomic mass is 9.85. The van der Waals surface area contributed by atoms with Crippen LogP contribution in [0.3, 0.4) is 0 Å². The molecule has 2 aromatic rings. The number of hydrogen-bond acceptors (Lipinski definition) is 9. The first-order valence-electron chi connectivity index (χ1n) is 12.2. The molecular formula is C23H32F2N8O. The number of anilines is 4. The summed E-state index contributed by atoms with van der Waals surface area (Å²) >= 11 is 0. The maximum Gasteiger partial charge on any atom is 0.318 e. The van der Waals surface area contributed by atoms with Crippen LogP contribution < -0.4 is 20.4 Å². The molecule has 4 aliphatic rings. The van der Waals surface area contributed by atoms with Crippen molar-refractivity contribution in [3.05, 3.63) is 11.5 Å². The van der Waals surface area contributed by atoms with Crippen molar-refractivity contribution in [1.29, 1.82) is 0 Å². The van der Waals surface area contributed by atoms with E-state index in [0.29, 0.717) is 36.2 Å². The van der Waals surface area contributed by atoms with Crippen molar-refractivity contribution >= 4 is 23.6 Å². The topological polar surface area (TPSA) is 95.2 Å². The molecule has 34 heavy (non-hydrogen) atoms. The zero-order valence-electron chi connectivity index (χ0n) is 20.1. The van der Waals surface area contributed by atoms with E-state index in [1.807, 2.05) is 7.05 Å². The van der Waals surface area contributed by atoms with E-state index in [0.717, 1.165) is 43.1 Å². The highest BCUT2D eigenvalue weighted by atomic mass is 19.3. The standard InChI is InChI=1S/C23H32F2N8O/c1-12-30-31-21(34-12)32-9-13-5-6-14(10-32)17(13)27-20-28-18(26-4)16-19(29-20)33(11-22(16,2)3)15-7-23(24,25)8-15/h13-15,17H,5-11H2,1-4H3,(H2,26,27,28,29)/t13-,14+,17?. The van der Waals surface area contributed by atoms with Crippen molar-refractivity contribution in [3.8, 4) is 0 Å². The largest absolute Gasteiger partial charge is 0.408 e. The van der Waals surface area contributed by atoms with Crippen LogP contribution in [0.25, 0.3) is 0 Å². The molecule has 2 aliphatic heterocycles. The zero-order chi connectivity index (χ0) is 23.8. The zero-order valence-corrected chi connectivity index (χ0v) is 20.1. The Bertz CT molecular complexity index is 1080. The van der Waals surface area contributed by atoms with Crippen LogP contribution in [0.2, 0.25) is 0 Å². The van der Waals surface area contributed by atoms with Crippen molar-refractivity contribution in [2.45, 2.75) is 69.9 Å². The minimum absolute atomic E-state index is 0.109. The third kappa shape index (κ3) is 3.46. The fraction of sp³-hybridized carbons (Fsp3) is 0.739. The predicted octanol–water partition coefficient (Wildman–Crippen LogP) is 3.43. The molecule has 2 aromatic heterocycles. The van der Waals surface area contributed by atoms with E-state index in [4.69, 9.17) is 14.4 Å². The van der Waals surface area contributed by atoms with Crippen molar-refractivity contribution < 1.29 is 13.2 Å². The average Bonchev–Trinajstić information content (AvgIpc) is 3.37. The van der Waals surface area contributed by atoms with Crippen LogP contribution in [0.4, 0.5) is 32.4 Å². The van der Waals surface area contributed by atoms with Crippen molar-refractivity contribution in [2.24, 2.45) is 11.8 Å². The van der Waals surface area contributed by atoms with Crippen LogP contribution in [0.5, 0.6) is 0 Å². The Balaban J connectivity index is 1.26. The van der Waals surface area contributed by atoms with Gasteiger partial charge in [-0.25, -0.2) is 8.78 Å². The third-order valence-electron chi connectivity index (χ3n) is 8.07. The molecule has 3 fully saturated rings. The van der Waals surface area contributed by atoms with Gasteiger partial charge in [-0.3, -0.25) is 0 Å². The van der Waals surface area contributed by atoms with E-state index < -0.39 is 5.92 Å². The molecule has 11 heteroatoms. The maximum atomic E-state index is 13.7. The summed E-state index contributed by atoms with van der Waals surface area (Å²) in [6.07, 6.45) is 2.02. The molecule has 4 heterocycles. The van der Waals surface area contributed by atoms with Crippen LogP contribution in [0.1, 0.15) is 51.0 Å². The SMILES string of the molecule is CNc1nc(NC2[C@@H]3CC[C@H]2CN(c2nnc(C)o2)C3)nc2c1C(C)(C)CN2C1CC(F)(F)C1. The summed E-state index contributed by atoms with van der Waals surface area (Å²) in [5.74, 6) is 0.973. The Labute approximate surface area is 197 Å². The minimum Gasteiger partial charge on any atom is -0.408 e. The second-order valence-electron chi connectivity index (χ2n) is 11.1.